The minimum absolute atomic E-state index is 0.279. The maximum absolute atomic E-state index is 13.1. The summed E-state index contributed by atoms with van der Waals surface area (Å²) in [6, 6.07) is 7.16. The smallest absolute Gasteiger partial charge is 0.126 e. The molecule has 3 nitrogen and oxygen atoms in total. The van der Waals surface area contributed by atoms with Crippen molar-refractivity contribution in [2.45, 2.75) is 58.5 Å². The van der Waals surface area contributed by atoms with Crippen LogP contribution in [0.3, 0.4) is 0 Å². The highest BCUT2D eigenvalue weighted by Gasteiger charge is 2.23. The summed E-state index contributed by atoms with van der Waals surface area (Å²) in [5.74, 6) is 0.312. The van der Waals surface area contributed by atoms with Gasteiger partial charge in [0.2, 0.25) is 0 Å². The third kappa shape index (κ3) is 6.14. The Morgan fingerprint density at radius 2 is 2.10 bits per heavy atom. The van der Waals surface area contributed by atoms with Crippen LogP contribution in [-0.4, -0.2) is 18.2 Å². The fourth-order valence-electron chi connectivity index (χ4n) is 2.29. The molecule has 0 radical (unpaired) electrons. The Morgan fingerprint density at radius 3 is 2.71 bits per heavy atom. The minimum Gasteiger partial charge on any atom is -0.493 e. The Labute approximate surface area is 127 Å². The Balaban J connectivity index is 2.34. The van der Waals surface area contributed by atoms with E-state index in [2.05, 4.69) is 11.4 Å². The first-order valence-corrected chi connectivity index (χ1v) is 7.44. The van der Waals surface area contributed by atoms with Crippen LogP contribution < -0.4 is 10.1 Å². The van der Waals surface area contributed by atoms with Crippen LogP contribution in [0.1, 0.15) is 45.6 Å². The first kappa shape index (κ1) is 17.5. The van der Waals surface area contributed by atoms with Crippen LogP contribution in [0, 0.1) is 24.1 Å². The minimum atomic E-state index is -0.497. The Kier molecular flexibility index (Phi) is 6.64. The molecule has 0 aliphatic carbocycles. The zero-order valence-electron chi connectivity index (χ0n) is 13.4. The summed E-state index contributed by atoms with van der Waals surface area (Å²) in [4.78, 5) is 0. The Hall–Kier alpha value is -1.60. The number of unbranched alkanes of at least 4 members (excludes halogenated alkanes) is 1. The van der Waals surface area contributed by atoms with Crippen LogP contribution in [-0.2, 0) is 0 Å². The summed E-state index contributed by atoms with van der Waals surface area (Å²) in [6.45, 7) is 8.42. The summed E-state index contributed by atoms with van der Waals surface area (Å²) in [5.41, 5.74) is 0.433. The number of nitriles is 1. The first-order valence-electron chi connectivity index (χ1n) is 7.44. The molecular formula is C17H25FN2O. The lowest BCUT2D eigenvalue weighted by Crippen LogP contribution is -2.44. The number of hydrogen-bond acceptors (Lipinski definition) is 3. The molecule has 1 aromatic rings. The molecule has 0 aromatic heterocycles. The molecule has 0 heterocycles. The summed E-state index contributed by atoms with van der Waals surface area (Å²) in [6.07, 6.45) is 2.50. The van der Waals surface area contributed by atoms with E-state index in [9.17, 15) is 9.65 Å². The zero-order valence-corrected chi connectivity index (χ0v) is 13.4. The van der Waals surface area contributed by atoms with Crippen molar-refractivity contribution in [3.63, 3.8) is 0 Å². The van der Waals surface area contributed by atoms with Gasteiger partial charge in [-0.25, -0.2) is 4.39 Å². The first-order chi connectivity index (χ1) is 9.86. The maximum atomic E-state index is 13.1. The van der Waals surface area contributed by atoms with E-state index >= 15 is 0 Å². The molecule has 0 fully saturated rings. The van der Waals surface area contributed by atoms with Gasteiger partial charge in [0.1, 0.15) is 17.1 Å². The molecule has 116 valence electrons. The topological polar surface area (TPSA) is 45.0 Å². The average molecular weight is 292 g/mol. The largest absolute Gasteiger partial charge is 0.493 e. The summed E-state index contributed by atoms with van der Waals surface area (Å²) < 4.78 is 18.7. The highest BCUT2D eigenvalue weighted by Crippen LogP contribution is 2.20. The second kappa shape index (κ2) is 7.99. The fourth-order valence-corrected chi connectivity index (χ4v) is 2.29. The number of benzene rings is 1. The monoisotopic (exact) mass is 292 g/mol. The second-order valence-electron chi connectivity index (χ2n) is 5.96. The molecule has 0 saturated carbocycles. The van der Waals surface area contributed by atoms with Crippen LogP contribution in [0.5, 0.6) is 5.75 Å². The number of rotatable bonds is 8. The lowest BCUT2D eigenvalue weighted by molar-refractivity contribution is 0.289. The number of nitrogens with one attached hydrogen (secondary N) is 1. The van der Waals surface area contributed by atoms with Gasteiger partial charge in [0.25, 0.3) is 0 Å². The Bertz CT molecular complexity index is 496. The lowest BCUT2D eigenvalue weighted by atomic mass is 9.96. The van der Waals surface area contributed by atoms with Crippen molar-refractivity contribution in [1.82, 2.24) is 5.32 Å². The van der Waals surface area contributed by atoms with Gasteiger partial charge in [-0.2, -0.15) is 5.26 Å². The normalized spacial score (nSPS) is 13.8. The van der Waals surface area contributed by atoms with Gasteiger partial charge in [-0.15, -0.1) is 0 Å². The molecule has 1 unspecified atom stereocenters. The number of nitrogens with zero attached hydrogens (tertiary/aromatic N) is 1. The van der Waals surface area contributed by atoms with Crippen molar-refractivity contribution in [3.8, 4) is 11.8 Å². The number of ether oxygens (including phenoxy) is 1. The van der Waals surface area contributed by atoms with E-state index in [0.29, 0.717) is 12.4 Å². The Morgan fingerprint density at radius 1 is 1.38 bits per heavy atom. The number of hydrogen-bond donors (Lipinski definition) is 1. The van der Waals surface area contributed by atoms with Crippen LogP contribution in [0.25, 0.3) is 0 Å². The standard InChI is InChI=1S/C17H25FN2O/c1-13(2)20-17(4,12-19)9-5-6-10-21-16-11-15(18)8-7-14(16)3/h7-8,11,13,20H,5-6,9-10H2,1-4H3. The highest BCUT2D eigenvalue weighted by molar-refractivity contribution is 5.32. The van der Waals surface area contributed by atoms with Gasteiger partial charge in [-0.05, 0) is 58.6 Å². The van der Waals surface area contributed by atoms with Crippen molar-refractivity contribution in [1.29, 1.82) is 5.26 Å². The molecule has 21 heavy (non-hydrogen) atoms. The van der Waals surface area contributed by atoms with Crippen LogP contribution in [0.4, 0.5) is 4.39 Å². The van der Waals surface area contributed by atoms with Crippen LogP contribution >= 0.6 is 0 Å². The van der Waals surface area contributed by atoms with Crippen molar-refractivity contribution in [3.05, 3.63) is 29.6 Å². The van der Waals surface area contributed by atoms with Crippen molar-refractivity contribution < 1.29 is 9.13 Å². The van der Waals surface area contributed by atoms with E-state index in [1.165, 1.54) is 12.1 Å². The molecule has 0 aliphatic rings. The predicted octanol–water partition coefficient (Wildman–Crippen LogP) is 3.96. The zero-order chi connectivity index (χ0) is 15.9. The van der Waals surface area contributed by atoms with Crippen molar-refractivity contribution in [2.75, 3.05) is 6.61 Å². The molecule has 1 aromatic carbocycles. The van der Waals surface area contributed by atoms with Gasteiger partial charge in [-0.3, -0.25) is 5.32 Å². The molecule has 0 bridgehead atoms. The molecule has 0 aliphatic heterocycles. The van der Waals surface area contributed by atoms with Gasteiger partial charge in [0, 0.05) is 12.1 Å². The molecule has 0 saturated heterocycles. The molecule has 0 spiro atoms. The number of aryl methyl sites for hydroxylation is 1. The number of halogens is 1. The molecule has 0 amide bonds. The van der Waals surface area contributed by atoms with Gasteiger partial charge < -0.3 is 4.74 Å². The van der Waals surface area contributed by atoms with Gasteiger partial charge in [-0.1, -0.05) is 6.07 Å². The molecule has 1 rings (SSSR count). The molecular weight excluding hydrogens is 267 g/mol. The van der Waals surface area contributed by atoms with Gasteiger partial charge >= 0.3 is 0 Å². The summed E-state index contributed by atoms with van der Waals surface area (Å²) >= 11 is 0. The van der Waals surface area contributed by atoms with E-state index in [4.69, 9.17) is 4.74 Å². The SMILES string of the molecule is Cc1ccc(F)cc1OCCCCC(C)(C#N)NC(C)C. The molecule has 1 atom stereocenters. The third-order valence-corrected chi connectivity index (χ3v) is 3.33. The van der Waals surface area contributed by atoms with E-state index < -0.39 is 5.54 Å². The fraction of sp³-hybridized carbons (Fsp3) is 0.588. The second-order valence-corrected chi connectivity index (χ2v) is 5.96. The lowest BCUT2D eigenvalue weighted by Gasteiger charge is -2.25. The van der Waals surface area contributed by atoms with E-state index in [-0.39, 0.29) is 11.9 Å². The maximum Gasteiger partial charge on any atom is 0.126 e. The third-order valence-electron chi connectivity index (χ3n) is 3.33. The van der Waals surface area contributed by atoms with E-state index in [0.717, 1.165) is 24.8 Å². The predicted molar refractivity (Wildman–Crippen MR) is 82.8 cm³/mol. The van der Waals surface area contributed by atoms with E-state index in [1.54, 1.807) is 6.07 Å². The summed E-state index contributed by atoms with van der Waals surface area (Å²) in [7, 11) is 0. The van der Waals surface area contributed by atoms with Crippen LogP contribution in [0.2, 0.25) is 0 Å². The molecule has 1 N–H and O–H groups in total. The summed E-state index contributed by atoms with van der Waals surface area (Å²) in [5, 5.41) is 12.5. The van der Waals surface area contributed by atoms with Crippen molar-refractivity contribution >= 4 is 0 Å². The van der Waals surface area contributed by atoms with E-state index in [1.807, 2.05) is 27.7 Å². The quantitative estimate of drug-likeness (QED) is 0.738. The van der Waals surface area contributed by atoms with Crippen LogP contribution in [0.15, 0.2) is 18.2 Å². The average Bonchev–Trinajstić information content (AvgIpc) is 2.41. The van der Waals surface area contributed by atoms with Gasteiger partial charge in [0.15, 0.2) is 0 Å². The molecule has 4 heteroatoms. The highest BCUT2D eigenvalue weighted by atomic mass is 19.1. The van der Waals surface area contributed by atoms with Crippen molar-refractivity contribution in [2.24, 2.45) is 0 Å². The van der Waals surface area contributed by atoms with Gasteiger partial charge in [0.05, 0.1) is 12.7 Å².